The number of carboxylic acids is 1. The SMILES string of the molecule is CCOC(=O)c1cc2sc(OCCOC)nc2[nH]1.COCCOc1nc2[nH]c(C(=O)O)cc2s1.O.[Li+].[OH-]. The maximum atomic E-state index is 11.5. The number of fused-ring (bicyclic) bond motifs is 2. The van der Waals surface area contributed by atoms with Gasteiger partial charge < -0.3 is 49.7 Å². The van der Waals surface area contributed by atoms with Crippen molar-refractivity contribution >= 4 is 55.3 Å². The van der Waals surface area contributed by atoms with Crippen molar-refractivity contribution in [2.45, 2.75) is 6.92 Å². The molecule has 0 spiro atoms. The molecule has 4 rings (SSSR count). The predicted octanol–water partition coefficient (Wildman–Crippen LogP) is -0.823. The summed E-state index contributed by atoms with van der Waals surface area (Å²) in [4.78, 5) is 36.1. The molecule has 14 nitrogen and oxygen atoms in total. The van der Waals surface area contributed by atoms with Crippen LogP contribution >= 0.6 is 22.7 Å². The summed E-state index contributed by atoms with van der Waals surface area (Å²) in [6.45, 7) is 4.01. The molecule has 0 radical (unpaired) electrons. The first kappa shape index (κ1) is 34.3. The van der Waals surface area contributed by atoms with Gasteiger partial charge in [-0.05, 0) is 19.1 Å². The van der Waals surface area contributed by atoms with Gasteiger partial charge in [0.05, 0.1) is 29.2 Å². The zero-order valence-corrected chi connectivity index (χ0v) is 22.3. The Hall–Kier alpha value is -2.68. The van der Waals surface area contributed by atoms with Crippen LogP contribution in [-0.4, -0.2) is 95.2 Å². The average molecular weight is 555 g/mol. The van der Waals surface area contributed by atoms with Crippen LogP contribution in [0.5, 0.6) is 10.4 Å². The molecule has 4 heterocycles. The number of aromatic carboxylic acids is 1. The van der Waals surface area contributed by atoms with Crippen molar-refractivity contribution in [2.24, 2.45) is 0 Å². The second-order valence-electron chi connectivity index (χ2n) is 6.46. The van der Waals surface area contributed by atoms with E-state index in [9.17, 15) is 9.59 Å². The number of hydrogen-bond donors (Lipinski definition) is 3. The summed E-state index contributed by atoms with van der Waals surface area (Å²) in [5, 5.41) is 9.81. The molecule has 200 valence electrons. The Kier molecular flexibility index (Phi) is 15.7. The fourth-order valence-electron chi connectivity index (χ4n) is 2.57. The number of methoxy groups -OCH3 is 2. The maximum absolute atomic E-state index is 11.5. The minimum absolute atomic E-state index is 0. The number of esters is 1. The van der Waals surface area contributed by atoms with E-state index < -0.39 is 5.97 Å². The molecular formula is C20H27LiN4O10S2. The van der Waals surface area contributed by atoms with Crippen LogP contribution in [0, 0.1) is 0 Å². The van der Waals surface area contributed by atoms with Crippen molar-refractivity contribution in [3.05, 3.63) is 23.5 Å². The molecule has 4 aromatic rings. The summed E-state index contributed by atoms with van der Waals surface area (Å²) in [5.74, 6) is -1.36. The summed E-state index contributed by atoms with van der Waals surface area (Å²) < 4.78 is 26.9. The summed E-state index contributed by atoms with van der Waals surface area (Å²) in [7, 11) is 3.20. The number of nitrogens with zero attached hydrogens (tertiary/aromatic N) is 2. The number of carboxylic acid groups (broad SMARTS) is 1. The van der Waals surface area contributed by atoms with Crippen molar-refractivity contribution < 1.29 is 68.2 Å². The van der Waals surface area contributed by atoms with E-state index in [0.717, 1.165) is 9.40 Å². The van der Waals surface area contributed by atoms with Crippen LogP contribution in [0.15, 0.2) is 12.1 Å². The van der Waals surface area contributed by atoms with Crippen molar-refractivity contribution in [3.8, 4) is 10.4 Å². The van der Waals surface area contributed by atoms with Crippen LogP contribution in [0.3, 0.4) is 0 Å². The van der Waals surface area contributed by atoms with E-state index >= 15 is 0 Å². The number of thiazole rings is 2. The Labute approximate surface area is 231 Å². The monoisotopic (exact) mass is 554 g/mol. The van der Waals surface area contributed by atoms with Crippen LogP contribution in [0.25, 0.3) is 20.7 Å². The molecule has 37 heavy (non-hydrogen) atoms. The zero-order valence-electron chi connectivity index (χ0n) is 20.7. The van der Waals surface area contributed by atoms with Crippen LogP contribution in [0.1, 0.15) is 27.9 Å². The van der Waals surface area contributed by atoms with Gasteiger partial charge in [-0.1, -0.05) is 22.7 Å². The van der Waals surface area contributed by atoms with Gasteiger partial charge in [-0.25, -0.2) is 9.59 Å². The van der Waals surface area contributed by atoms with Crippen molar-refractivity contribution in [1.29, 1.82) is 0 Å². The Morgan fingerprint density at radius 2 is 1.35 bits per heavy atom. The van der Waals surface area contributed by atoms with E-state index in [1.54, 1.807) is 33.3 Å². The van der Waals surface area contributed by atoms with E-state index in [1.807, 2.05) is 0 Å². The third-order valence-electron chi connectivity index (χ3n) is 4.08. The van der Waals surface area contributed by atoms with E-state index in [2.05, 4.69) is 19.9 Å². The molecule has 0 saturated carbocycles. The second-order valence-corrected chi connectivity index (χ2v) is 8.45. The fourth-order valence-corrected chi connectivity index (χ4v) is 4.24. The van der Waals surface area contributed by atoms with Crippen LogP contribution < -0.4 is 28.3 Å². The van der Waals surface area contributed by atoms with E-state index in [4.69, 9.17) is 28.8 Å². The third-order valence-corrected chi connectivity index (χ3v) is 5.91. The van der Waals surface area contributed by atoms with Gasteiger partial charge in [0.2, 0.25) is 0 Å². The fraction of sp³-hybridized carbons (Fsp3) is 0.400. The average Bonchev–Trinajstić information content (AvgIpc) is 3.54. The summed E-state index contributed by atoms with van der Waals surface area (Å²) in [6.07, 6.45) is 0. The number of rotatable bonds is 11. The molecule has 0 bridgehead atoms. The van der Waals surface area contributed by atoms with Gasteiger partial charge in [0.1, 0.15) is 24.6 Å². The number of nitrogens with one attached hydrogen (secondary N) is 2. The second kappa shape index (κ2) is 16.9. The number of carbonyl (C=O) groups is 2. The molecular weight excluding hydrogens is 527 g/mol. The van der Waals surface area contributed by atoms with Gasteiger partial charge in [0.25, 0.3) is 10.4 Å². The normalized spacial score (nSPS) is 9.92. The quantitative estimate of drug-likeness (QED) is 0.118. The Morgan fingerprint density at radius 3 is 1.76 bits per heavy atom. The van der Waals surface area contributed by atoms with Crippen LogP contribution in [-0.2, 0) is 14.2 Å². The zero-order chi connectivity index (χ0) is 24.5. The third kappa shape index (κ3) is 9.61. The number of aromatic amines is 2. The molecule has 0 aliphatic carbocycles. The molecule has 0 saturated heterocycles. The first-order chi connectivity index (χ1) is 16.4. The molecule has 0 unspecified atom stereocenters. The van der Waals surface area contributed by atoms with Gasteiger partial charge in [0.15, 0.2) is 11.3 Å². The van der Waals surface area contributed by atoms with Crippen LogP contribution in [0.2, 0.25) is 0 Å². The molecule has 0 fully saturated rings. The smallest absolute Gasteiger partial charge is 0.870 e. The minimum Gasteiger partial charge on any atom is -0.870 e. The molecule has 17 heteroatoms. The number of carbonyl (C=O) groups excluding carboxylic acids is 1. The number of hydrogen-bond acceptors (Lipinski definition) is 12. The van der Waals surface area contributed by atoms with E-state index in [0.29, 0.717) is 60.4 Å². The summed E-state index contributed by atoms with van der Waals surface area (Å²) in [5.41, 5.74) is 1.72. The molecule has 0 aliphatic rings. The molecule has 0 amide bonds. The number of H-pyrrole nitrogens is 2. The van der Waals surface area contributed by atoms with Crippen molar-refractivity contribution in [1.82, 2.24) is 19.9 Å². The predicted molar refractivity (Wildman–Crippen MR) is 131 cm³/mol. The maximum Gasteiger partial charge on any atom is 1.00 e. The molecule has 0 aromatic carbocycles. The van der Waals surface area contributed by atoms with Crippen molar-refractivity contribution in [2.75, 3.05) is 47.3 Å². The Bertz CT molecular complexity index is 1180. The molecule has 0 atom stereocenters. The summed E-state index contributed by atoms with van der Waals surface area (Å²) in [6, 6.07) is 3.26. The van der Waals surface area contributed by atoms with Gasteiger partial charge in [-0.15, -0.1) is 0 Å². The van der Waals surface area contributed by atoms with Crippen LogP contribution in [0.4, 0.5) is 0 Å². The Morgan fingerprint density at radius 1 is 0.892 bits per heavy atom. The summed E-state index contributed by atoms with van der Waals surface area (Å²) >= 11 is 2.68. The minimum atomic E-state index is -0.993. The van der Waals surface area contributed by atoms with Gasteiger partial charge >= 0.3 is 30.8 Å². The largest absolute Gasteiger partial charge is 1.00 e. The van der Waals surface area contributed by atoms with Crippen molar-refractivity contribution in [3.63, 3.8) is 0 Å². The standard InChI is InChI=1S/C11H14N2O4S.C9H10N2O4S.Li.2H2O/c1-3-16-10(14)7-6-8-9(12-7)13-11(18-8)17-5-4-15-2;1-14-2-3-15-9-11-7-6(16-9)4-5(10-7)8(12)13;;;/h6,12H,3-5H2,1-2H3;4,10H,2-3H2,1H3,(H,12,13);;2*1H2/q;;+1;;/p-1. The topological polar surface area (TPSA) is 219 Å². The number of aromatic nitrogens is 4. The van der Waals surface area contributed by atoms with Gasteiger partial charge in [-0.3, -0.25) is 0 Å². The van der Waals surface area contributed by atoms with E-state index in [-0.39, 0.29) is 41.5 Å². The molecule has 0 aliphatic heterocycles. The molecule has 6 N–H and O–H groups in total. The van der Waals surface area contributed by atoms with E-state index in [1.165, 1.54) is 22.7 Å². The van der Waals surface area contributed by atoms with Gasteiger partial charge in [0, 0.05) is 14.2 Å². The Balaban J connectivity index is 0.000000651. The van der Waals surface area contributed by atoms with Gasteiger partial charge in [-0.2, -0.15) is 9.97 Å². The first-order valence-corrected chi connectivity index (χ1v) is 11.7. The molecule has 4 aromatic heterocycles. The first-order valence-electron chi connectivity index (χ1n) is 10.1. The number of ether oxygens (including phenoxy) is 5.